The summed E-state index contributed by atoms with van der Waals surface area (Å²) in [7, 11) is 0. The normalized spacial score (nSPS) is 25.8. The zero-order valence-corrected chi connectivity index (χ0v) is 8.22. The number of hydrogen-bond donors (Lipinski definition) is 2. The summed E-state index contributed by atoms with van der Waals surface area (Å²) in [5.74, 6) is 0.911. The molecule has 0 atom stereocenters. The third-order valence-electron chi connectivity index (χ3n) is 3.08. The van der Waals surface area contributed by atoms with Crippen LogP contribution in [0, 0.1) is 5.92 Å². The Balaban J connectivity index is 1.50. The van der Waals surface area contributed by atoms with Crippen LogP contribution in [0.5, 0.6) is 0 Å². The van der Waals surface area contributed by atoms with Crippen molar-refractivity contribution in [1.82, 2.24) is 10.6 Å². The van der Waals surface area contributed by atoms with Crippen LogP contribution in [0.15, 0.2) is 0 Å². The minimum absolute atomic E-state index is 0.515. The molecule has 0 bridgehead atoms. The summed E-state index contributed by atoms with van der Waals surface area (Å²) < 4.78 is 5.70. The van der Waals surface area contributed by atoms with Crippen LogP contribution in [-0.2, 0) is 4.74 Å². The third-order valence-corrected chi connectivity index (χ3v) is 3.08. The maximum atomic E-state index is 5.70. The molecular formula is C10H20N2O. The highest BCUT2D eigenvalue weighted by Crippen LogP contribution is 2.16. The molecule has 2 rings (SSSR count). The van der Waals surface area contributed by atoms with E-state index in [1.807, 2.05) is 0 Å². The zero-order chi connectivity index (χ0) is 8.93. The summed E-state index contributed by atoms with van der Waals surface area (Å²) in [5.41, 5.74) is 0. The van der Waals surface area contributed by atoms with Gasteiger partial charge < -0.3 is 15.4 Å². The van der Waals surface area contributed by atoms with E-state index in [9.17, 15) is 0 Å². The van der Waals surface area contributed by atoms with Gasteiger partial charge in [0.1, 0.15) is 0 Å². The van der Waals surface area contributed by atoms with Crippen LogP contribution in [0.1, 0.15) is 19.3 Å². The van der Waals surface area contributed by atoms with E-state index in [4.69, 9.17) is 4.74 Å². The van der Waals surface area contributed by atoms with Crippen molar-refractivity contribution >= 4 is 0 Å². The lowest BCUT2D eigenvalue weighted by Gasteiger charge is -2.28. The van der Waals surface area contributed by atoms with E-state index in [2.05, 4.69) is 10.6 Å². The molecule has 0 spiro atoms. The van der Waals surface area contributed by atoms with Gasteiger partial charge in [0, 0.05) is 19.7 Å². The van der Waals surface area contributed by atoms with Crippen LogP contribution in [-0.4, -0.2) is 38.9 Å². The Morgan fingerprint density at radius 3 is 2.46 bits per heavy atom. The first-order chi connectivity index (χ1) is 6.45. The van der Waals surface area contributed by atoms with Crippen LogP contribution >= 0.6 is 0 Å². The minimum atomic E-state index is 0.515. The Kier molecular flexibility index (Phi) is 3.58. The molecule has 0 unspecified atom stereocenters. The van der Waals surface area contributed by atoms with Crippen LogP contribution in [0.4, 0.5) is 0 Å². The number of hydrogen-bond acceptors (Lipinski definition) is 3. The van der Waals surface area contributed by atoms with Gasteiger partial charge in [-0.25, -0.2) is 0 Å². The van der Waals surface area contributed by atoms with Crippen LogP contribution in [0.2, 0.25) is 0 Å². The van der Waals surface area contributed by atoms with Crippen molar-refractivity contribution in [2.75, 3.05) is 32.8 Å². The van der Waals surface area contributed by atoms with E-state index in [0.29, 0.717) is 6.10 Å². The summed E-state index contributed by atoms with van der Waals surface area (Å²) in [5, 5.41) is 6.60. The molecule has 2 N–H and O–H groups in total. The molecule has 2 fully saturated rings. The quantitative estimate of drug-likeness (QED) is 0.662. The molecule has 76 valence electrons. The number of nitrogens with one attached hydrogen (secondary N) is 2. The van der Waals surface area contributed by atoms with E-state index in [0.717, 1.165) is 25.6 Å². The molecule has 2 aliphatic heterocycles. The van der Waals surface area contributed by atoms with E-state index >= 15 is 0 Å². The minimum Gasteiger partial charge on any atom is -0.376 e. The van der Waals surface area contributed by atoms with Gasteiger partial charge in [-0.1, -0.05) is 0 Å². The monoisotopic (exact) mass is 184 g/mol. The van der Waals surface area contributed by atoms with Crippen molar-refractivity contribution in [2.24, 2.45) is 5.92 Å². The number of rotatable bonds is 4. The smallest absolute Gasteiger partial charge is 0.0823 e. The van der Waals surface area contributed by atoms with E-state index in [-0.39, 0.29) is 0 Å². The maximum absolute atomic E-state index is 5.70. The van der Waals surface area contributed by atoms with Gasteiger partial charge in [0.15, 0.2) is 0 Å². The van der Waals surface area contributed by atoms with Gasteiger partial charge in [0.2, 0.25) is 0 Å². The summed E-state index contributed by atoms with van der Waals surface area (Å²) in [6.45, 7) is 5.50. The van der Waals surface area contributed by atoms with Gasteiger partial charge >= 0.3 is 0 Å². The molecular weight excluding hydrogens is 164 g/mol. The van der Waals surface area contributed by atoms with Crippen LogP contribution in [0.3, 0.4) is 0 Å². The first kappa shape index (κ1) is 9.44. The highest BCUT2D eigenvalue weighted by atomic mass is 16.5. The highest BCUT2D eigenvalue weighted by Gasteiger charge is 2.18. The lowest BCUT2D eigenvalue weighted by Crippen LogP contribution is -2.48. The standard InChI is InChI=1S/C10H20N2O/c1-4-11-5-2-9(1)3-6-13-10-7-12-8-10/h9-12H,1-8H2. The SMILES string of the molecule is C1CC(CCOC2CNC2)CCN1. The van der Waals surface area contributed by atoms with Gasteiger partial charge in [0.05, 0.1) is 6.10 Å². The molecule has 3 heteroatoms. The maximum Gasteiger partial charge on any atom is 0.0823 e. The van der Waals surface area contributed by atoms with Crippen molar-refractivity contribution < 1.29 is 4.74 Å². The van der Waals surface area contributed by atoms with E-state index < -0.39 is 0 Å². The number of ether oxygens (including phenoxy) is 1. The van der Waals surface area contributed by atoms with Crippen LogP contribution < -0.4 is 10.6 Å². The molecule has 13 heavy (non-hydrogen) atoms. The highest BCUT2D eigenvalue weighted by molar-refractivity contribution is 4.75. The summed E-state index contributed by atoms with van der Waals surface area (Å²) in [6, 6.07) is 0. The second-order valence-electron chi connectivity index (χ2n) is 4.13. The Hall–Kier alpha value is -0.120. The molecule has 2 heterocycles. The average Bonchev–Trinajstić information content (AvgIpc) is 2.11. The molecule has 0 aromatic carbocycles. The first-order valence-corrected chi connectivity index (χ1v) is 5.48. The molecule has 3 nitrogen and oxygen atoms in total. The van der Waals surface area contributed by atoms with Crippen molar-refractivity contribution in [3.63, 3.8) is 0 Å². The zero-order valence-electron chi connectivity index (χ0n) is 8.22. The molecule has 0 radical (unpaired) electrons. The number of piperidine rings is 1. The molecule has 0 amide bonds. The van der Waals surface area contributed by atoms with Crippen molar-refractivity contribution in [2.45, 2.75) is 25.4 Å². The molecule has 2 saturated heterocycles. The van der Waals surface area contributed by atoms with E-state index in [1.165, 1.54) is 32.4 Å². The Bertz CT molecular complexity index is 142. The van der Waals surface area contributed by atoms with Crippen molar-refractivity contribution in [1.29, 1.82) is 0 Å². The largest absolute Gasteiger partial charge is 0.376 e. The predicted octanol–water partition coefficient (Wildman–Crippen LogP) is 0.364. The topological polar surface area (TPSA) is 33.3 Å². The fourth-order valence-electron chi connectivity index (χ4n) is 1.95. The molecule has 0 saturated carbocycles. The Morgan fingerprint density at radius 2 is 1.85 bits per heavy atom. The molecule has 2 aliphatic rings. The summed E-state index contributed by atoms with van der Waals surface area (Å²) >= 11 is 0. The summed E-state index contributed by atoms with van der Waals surface area (Å²) in [6.07, 6.45) is 4.46. The van der Waals surface area contributed by atoms with Gasteiger partial charge in [-0.15, -0.1) is 0 Å². The first-order valence-electron chi connectivity index (χ1n) is 5.48. The second kappa shape index (κ2) is 4.94. The fraction of sp³-hybridized carbons (Fsp3) is 1.00. The molecule has 0 aromatic rings. The lowest BCUT2D eigenvalue weighted by molar-refractivity contribution is 0.0107. The third kappa shape index (κ3) is 2.93. The predicted molar refractivity (Wildman–Crippen MR) is 52.8 cm³/mol. The fourth-order valence-corrected chi connectivity index (χ4v) is 1.95. The van der Waals surface area contributed by atoms with Gasteiger partial charge in [-0.2, -0.15) is 0 Å². The molecule has 0 aromatic heterocycles. The van der Waals surface area contributed by atoms with Crippen LogP contribution in [0.25, 0.3) is 0 Å². The Labute approximate surface area is 80.2 Å². The second-order valence-corrected chi connectivity index (χ2v) is 4.13. The molecule has 0 aliphatic carbocycles. The van der Waals surface area contributed by atoms with Gasteiger partial charge in [0.25, 0.3) is 0 Å². The van der Waals surface area contributed by atoms with Gasteiger partial charge in [-0.3, -0.25) is 0 Å². The van der Waals surface area contributed by atoms with Crippen molar-refractivity contribution in [3.05, 3.63) is 0 Å². The lowest BCUT2D eigenvalue weighted by atomic mass is 9.95. The average molecular weight is 184 g/mol. The summed E-state index contributed by atoms with van der Waals surface area (Å²) in [4.78, 5) is 0. The van der Waals surface area contributed by atoms with Gasteiger partial charge in [-0.05, 0) is 38.3 Å². The van der Waals surface area contributed by atoms with Crippen molar-refractivity contribution in [3.8, 4) is 0 Å². The van der Waals surface area contributed by atoms with E-state index in [1.54, 1.807) is 0 Å². The Morgan fingerprint density at radius 1 is 1.08 bits per heavy atom.